The second-order valence-corrected chi connectivity index (χ2v) is 5.49. The zero-order valence-electron chi connectivity index (χ0n) is 9.82. The number of aryl methyl sites for hydroxylation is 3. The van der Waals surface area contributed by atoms with Gasteiger partial charge in [-0.15, -0.1) is 11.3 Å². The largest absolute Gasteiger partial charge is 0.383 e. The molecule has 0 bridgehead atoms. The smallest absolute Gasteiger partial charge is 0.113 e. The zero-order chi connectivity index (χ0) is 11.7. The fourth-order valence-electron chi connectivity index (χ4n) is 1.65. The Morgan fingerprint density at radius 3 is 2.19 bits per heavy atom. The van der Waals surface area contributed by atoms with E-state index < -0.39 is 6.10 Å². The molecular formula is C14H16OS. The molecule has 1 unspecified atom stereocenters. The highest BCUT2D eigenvalue weighted by molar-refractivity contribution is 7.12. The molecule has 0 fully saturated rings. The summed E-state index contributed by atoms with van der Waals surface area (Å²) >= 11 is 1.67. The molecule has 2 aromatic rings. The van der Waals surface area contributed by atoms with E-state index in [0.29, 0.717) is 0 Å². The third-order valence-electron chi connectivity index (χ3n) is 2.85. The number of rotatable bonds is 2. The Labute approximate surface area is 100 Å². The van der Waals surface area contributed by atoms with Crippen LogP contribution in [-0.4, -0.2) is 5.11 Å². The van der Waals surface area contributed by atoms with Crippen LogP contribution in [0.1, 0.15) is 32.5 Å². The van der Waals surface area contributed by atoms with Crippen LogP contribution in [0.4, 0.5) is 0 Å². The molecule has 1 nitrogen and oxygen atoms in total. The summed E-state index contributed by atoms with van der Waals surface area (Å²) in [4.78, 5) is 2.31. The molecule has 2 heteroatoms. The van der Waals surface area contributed by atoms with Crippen LogP contribution in [0.3, 0.4) is 0 Å². The number of benzene rings is 1. The van der Waals surface area contributed by atoms with E-state index >= 15 is 0 Å². The maximum Gasteiger partial charge on any atom is 0.113 e. The van der Waals surface area contributed by atoms with Crippen molar-refractivity contribution in [1.82, 2.24) is 0 Å². The van der Waals surface area contributed by atoms with Crippen molar-refractivity contribution in [2.45, 2.75) is 26.9 Å². The van der Waals surface area contributed by atoms with Crippen LogP contribution in [0.2, 0.25) is 0 Å². The normalized spacial score (nSPS) is 12.8. The van der Waals surface area contributed by atoms with Gasteiger partial charge >= 0.3 is 0 Å². The number of aliphatic hydroxyl groups excluding tert-OH is 1. The van der Waals surface area contributed by atoms with Crippen molar-refractivity contribution in [2.24, 2.45) is 0 Å². The van der Waals surface area contributed by atoms with E-state index in [4.69, 9.17) is 0 Å². The molecule has 1 aromatic heterocycles. The van der Waals surface area contributed by atoms with Gasteiger partial charge in [-0.2, -0.15) is 0 Å². The van der Waals surface area contributed by atoms with Crippen molar-refractivity contribution in [3.8, 4) is 0 Å². The molecule has 0 amide bonds. The fourth-order valence-corrected chi connectivity index (χ4v) is 2.71. The van der Waals surface area contributed by atoms with Gasteiger partial charge in [0.25, 0.3) is 0 Å². The van der Waals surface area contributed by atoms with E-state index in [0.717, 1.165) is 10.4 Å². The summed E-state index contributed by atoms with van der Waals surface area (Å²) in [7, 11) is 0. The lowest BCUT2D eigenvalue weighted by molar-refractivity contribution is 0.224. The number of aliphatic hydroxyl groups is 1. The minimum atomic E-state index is -0.488. The Morgan fingerprint density at radius 2 is 1.69 bits per heavy atom. The van der Waals surface area contributed by atoms with Crippen LogP contribution in [0.5, 0.6) is 0 Å². The lowest BCUT2D eigenvalue weighted by Gasteiger charge is -2.08. The summed E-state index contributed by atoms with van der Waals surface area (Å²) in [5, 5.41) is 10.2. The first-order valence-electron chi connectivity index (χ1n) is 5.39. The fraction of sp³-hybridized carbons (Fsp3) is 0.286. The topological polar surface area (TPSA) is 20.2 Å². The summed E-state index contributed by atoms with van der Waals surface area (Å²) in [6.45, 7) is 6.22. The zero-order valence-corrected chi connectivity index (χ0v) is 10.6. The van der Waals surface area contributed by atoms with Gasteiger partial charge in [-0.25, -0.2) is 0 Å². The van der Waals surface area contributed by atoms with Gasteiger partial charge in [-0.3, -0.25) is 0 Å². The van der Waals surface area contributed by atoms with E-state index in [9.17, 15) is 5.11 Å². The predicted octanol–water partition coefficient (Wildman–Crippen LogP) is 3.76. The second-order valence-electron chi connectivity index (χ2n) is 4.20. The molecule has 0 spiro atoms. The van der Waals surface area contributed by atoms with Crippen molar-refractivity contribution < 1.29 is 5.11 Å². The van der Waals surface area contributed by atoms with Crippen molar-refractivity contribution in [1.29, 1.82) is 0 Å². The molecule has 1 heterocycles. The summed E-state index contributed by atoms with van der Waals surface area (Å²) in [5.41, 5.74) is 3.44. The quantitative estimate of drug-likeness (QED) is 0.836. The molecule has 84 valence electrons. The molecule has 1 aromatic carbocycles. The Hall–Kier alpha value is -1.12. The number of thiophene rings is 1. The molecule has 2 rings (SSSR count). The Balaban J connectivity index is 2.31. The second kappa shape index (κ2) is 4.40. The molecule has 16 heavy (non-hydrogen) atoms. The SMILES string of the molecule is Cc1ccc(C(O)c2cc(C)c(C)s2)cc1. The first kappa shape index (κ1) is 11.4. The molecule has 0 radical (unpaired) electrons. The molecule has 0 aliphatic rings. The Kier molecular flexibility index (Phi) is 3.13. The molecule has 0 saturated heterocycles. The van der Waals surface area contributed by atoms with Crippen LogP contribution in [0.15, 0.2) is 30.3 Å². The van der Waals surface area contributed by atoms with Crippen LogP contribution in [0, 0.1) is 20.8 Å². The van der Waals surface area contributed by atoms with Gasteiger partial charge in [0.2, 0.25) is 0 Å². The van der Waals surface area contributed by atoms with Crippen molar-refractivity contribution in [3.63, 3.8) is 0 Å². The molecular weight excluding hydrogens is 216 g/mol. The third kappa shape index (κ3) is 2.18. The molecule has 1 atom stereocenters. The lowest BCUT2D eigenvalue weighted by Crippen LogP contribution is -1.96. The summed E-state index contributed by atoms with van der Waals surface area (Å²) in [5.74, 6) is 0. The molecule has 0 aliphatic carbocycles. The van der Waals surface area contributed by atoms with Gasteiger partial charge in [0.05, 0.1) is 0 Å². The Bertz CT molecular complexity index is 462. The van der Waals surface area contributed by atoms with Gasteiger partial charge in [-0.1, -0.05) is 29.8 Å². The summed E-state index contributed by atoms with van der Waals surface area (Å²) in [6.07, 6.45) is -0.488. The third-order valence-corrected chi connectivity index (χ3v) is 4.05. The number of hydrogen-bond acceptors (Lipinski definition) is 2. The van der Waals surface area contributed by atoms with E-state index in [-0.39, 0.29) is 0 Å². The first-order valence-corrected chi connectivity index (χ1v) is 6.21. The van der Waals surface area contributed by atoms with Gasteiger partial charge in [0, 0.05) is 9.75 Å². The van der Waals surface area contributed by atoms with E-state index in [1.807, 2.05) is 24.3 Å². The van der Waals surface area contributed by atoms with E-state index in [2.05, 4.69) is 26.8 Å². The Morgan fingerprint density at radius 1 is 1.06 bits per heavy atom. The van der Waals surface area contributed by atoms with Gasteiger partial charge in [0.15, 0.2) is 0 Å². The first-order chi connectivity index (χ1) is 7.58. The summed E-state index contributed by atoms with van der Waals surface area (Å²) in [6, 6.07) is 10.1. The number of hydrogen-bond donors (Lipinski definition) is 1. The van der Waals surface area contributed by atoms with Gasteiger partial charge < -0.3 is 5.11 Å². The van der Waals surface area contributed by atoms with Crippen LogP contribution in [0.25, 0.3) is 0 Å². The summed E-state index contributed by atoms with van der Waals surface area (Å²) < 4.78 is 0. The minimum absolute atomic E-state index is 0.488. The van der Waals surface area contributed by atoms with Crippen molar-refractivity contribution >= 4 is 11.3 Å². The van der Waals surface area contributed by atoms with Gasteiger partial charge in [0.1, 0.15) is 6.10 Å². The minimum Gasteiger partial charge on any atom is -0.383 e. The van der Waals surface area contributed by atoms with Crippen LogP contribution >= 0.6 is 11.3 Å². The van der Waals surface area contributed by atoms with Crippen LogP contribution in [-0.2, 0) is 0 Å². The maximum absolute atomic E-state index is 10.2. The average molecular weight is 232 g/mol. The highest BCUT2D eigenvalue weighted by Gasteiger charge is 2.13. The highest BCUT2D eigenvalue weighted by atomic mass is 32.1. The van der Waals surface area contributed by atoms with Crippen molar-refractivity contribution in [3.05, 3.63) is 56.8 Å². The average Bonchev–Trinajstić information content (AvgIpc) is 2.59. The monoisotopic (exact) mass is 232 g/mol. The van der Waals surface area contributed by atoms with Crippen LogP contribution < -0.4 is 0 Å². The molecule has 0 saturated carbocycles. The van der Waals surface area contributed by atoms with E-state index in [1.165, 1.54) is 16.0 Å². The maximum atomic E-state index is 10.2. The van der Waals surface area contributed by atoms with E-state index in [1.54, 1.807) is 11.3 Å². The standard InChI is InChI=1S/C14H16OS/c1-9-4-6-12(7-5-9)14(15)13-8-10(2)11(3)16-13/h4-8,14-15H,1-3H3. The van der Waals surface area contributed by atoms with Crippen molar-refractivity contribution in [2.75, 3.05) is 0 Å². The molecule has 1 N–H and O–H groups in total. The van der Waals surface area contributed by atoms with Gasteiger partial charge in [-0.05, 0) is 38.0 Å². The lowest BCUT2D eigenvalue weighted by atomic mass is 10.1. The molecule has 0 aliphatic heterocycles. The predicted molar refractivity (Wildman–Crippen MR) is 69.0 cm³/mol. The highest BCUT2D eigenvalue weighted by Crippen LogP contribution is 2.30.